The predicted octanol–water partition coefficient (Wildman–Crippen LogP) is 1.50. The van der Waals surface area contributed by atoms with Gasteiger partial charge in [0, 0.05) is 32.2 Å². The van der Waals surface area contributed by atoms with Crippen molar-refractivity contribution in [3.63, 3.8) is 0 Å². The molecule has 0 bridgehead atoms. The van der Waals surface area contributed by atoms with Gasteiger partial charge in [0.25, 0.3) is 0 Å². The summed E-state index contributed by atoms with van der Waals surface area (Å²) < 4.78 is 5.31. The van der Waals surface area contributed by atoms with Crippen LogP contribution in [0.1, 0.15) is 19.4 Å². The number of likely N-dealkylation sites (N-methyl/N-ethyl adjacent to an activating group) is 1. The summed E-state index contributed by atoms with van der Waals surface area (Å²) in [6.07, 6.45) is 0. The third kappa shape index (κ3) is 3.14. The molecule has 1 aliphatic rings. The molecule has 0 radical (unpaired) electrons. The number of rotatable bonds is 4. The SMILES string of the molecule is COc1cccc(C(C)(N)C(C)N2CCN(C)CC2)c1. The molecule has 2 rings (SSSR count). The summed E-state index contributed by atoms with van der Waals surface area (Å²) in [4.78, 5) is 4.85. The summed E-state index contributed by atoms with van der Waals surface area (Å²) >= 11 is 0. The maximum atomic E-state index is 6.66. The second kappa shape index (κ2) is 6.12. The Kier molecular flexibility index (Phi) is 4.68. The molecular formula is C16H27N3O. The molecule has 4 nitrogen and oxygen atoms in total. The Balaban J connectivity index is 2.15. The van der Waals surface area contributed by atoms with Crippen LogP contribution in [0.5, 0.6) is 5.75 Å². The Bertz CT molecular complexity index is 439. The Morgan fingerprint density at radius 2 is 1.90 bits per heavy atom. The van der Waals surface area contributed by atoms with Crippen molar-refractivity contribution in [1.29, 1.82) is 0 Å². The Morgan fingerprint density at radius 3 is 2.50 bits per heavy atom. The highest BCUT2D eigenvalue weighted by Gasteiger charge is 2.34. The van der Waals surface area contributed by atoms with E-state index >= 15 is 0 Å². The summed E-state index contributed by atoms with van der Waals surface area (Å²) in [5.41, 5.74) is 7.40. The molecule has 112 valence electrons. The number of nitrogens with two attached hydrogens (primary N) is 1. The fraction of sp³-hybridized carbons (Fsp3) is 0.625. The lowest BCUT2D eigenvalue weighted by molar-refractivity contribution is 0.0812. The van der Waals surface area contributed by atoms with Crippen molar-refractivity contribution in [2.75, 3.05) is 40.3 Å². The lowest BCUT2D eigenvalue weighted by Crippen LogP contribution is -2.57. The van der Waals surface area contributed by atoms with E-state index in [1.807, 2.05) is 18.2 Å². The first-order valence-electron chi connectivity index (χ1n) is 7.31. The number of methoxy groups -OCH3 is 1. The molecule has 1 aliphatic heterocycles. The van der Waals surface area contributed by atoms with Crippen LogP contribution in [0.2, 0.25) is 0 Å². The molecule has 0 saturated carbocycles. The molecule has 0 amide bonds. The van der Waals surface area contributed by atoms with E-state index in [-0.39, 0.29) is 5.54 Å². The summed E-state index contributed by atoms with van der Waals surface area (Å²) in [5, 5.41) is 0. The minimum Gasteiger partial charge on any atom is -0.497 e. The normalized spacial score (nSPS) is 22.2. The number of hydrogen-bond donors (Lipinski definition) is 1. The molecule has 0 spiro atoms. The Morgan fingerprint density at radius 1 is 1.25 bits per heavy atom. The summed E-state index contributed by atoms with van der Waals surface area (Å²) in [5.74, 6) is 0.866. The van der Waals surface area contributed by atoms with Crippen molar-refractivity contribution in [3.05, 3.63) is 29.8 Å². The van der Waals surface area contributed by atoms with Crippen molar-refractivity contribution in [3.8, 4) is 5.75 Å². The summed E-state index contributed by atoms with van der Waals surface area (Å²) in [6.45, 7) is 8.72. The van der Waals surface area contributed by atoms with Crippen LogP contribution in [0, 0.1) is 0 Å². The zero-order valence-corrected chi connectivity index (χ0v) is 13.1. The summed E-state index contributed by atoms with van der Waals surface area (Å²) in [7, 11) is 3.86. The van der Waals surface area contributed by atoms with Gasteiger partial charge in [0.1, 0.15) is 5.75 Å². The van der Waals surface area contributed by atoms with E-state index in [9.17, 15) is 0 Å². The highest BCUT2D eigenvalue weighted by atomic mass is 16.5. The Labute approximate surface area is 122 Å². The van der Waals surface area contributed by atoms with Crippen LogP contribution in [-0.4, -0.2) is 56.2 Å². The van der Waals surface area contributed by atoms with Crippen molar-refractivity contribution in [2.45, 2.75) is 25.4 Å². The van der Waals surface area contributed by atoms with Gasteiger partial charge in [0.2, 0.25) is 0 Å². The Hall–Kier alpha value is -1.10. The molecule has 0 aromatic heterocycles. The van der Waals surface area contributed by atoms with Crippen LogP contribution in [-0.2, 0) is 5.54 Å². The number of benzene rings is 1. The molecule has 2 atom stereocenters. The van der Waals surface area contributed by atoms with Gasteiger partial charge >= 0.3 is 0 Å². The second-order valence-electron chi connectivity index (χ2n) is 6.03. The van der Waals surface area contributed by atoms with E-state index in [0.29, 0.717) is 6.04 Å². The predicted molar refractivity (Wildman–Crippen MR) is 83.1 cm³/mol. The van der Waals surface area contributed by atoms with Crippen LogP contribution in [0.3, 0.4) is 0 Å². The molecule has 4 heteroatoms. The molecule has 2 unspecified atom stereocenters. The highest BCUT2D eigenvalue weighted by molar-refractivity contribution is 5.33. The molecule has 1 saturated heterocycles. The minimum atomic E-state index is -0.384. The van der Waals surface area contributed by atoms with Gasteiger partial charge in [-0.15, -0.1) is 0 Å². The van der Waals surface area contributed by atoms with Gasteiger partial charge in [0.15, 0.2) is 0 Å². The first-order valence-corrected chi connectivity index (χ1v) is 7.31. The fourth-order valence-corrected chi connectivity index (χ4v) is 2.79. The van der Waals surface area contributed by atoms with Crippen molar-refractivity contribution < 1.29 is 4.74 Å². The van der Waals surface area contributed by atoms with E-state index in [1.165, 1.54) is 0 Å². The number of nitrogens with zero attached hydrogens (tertiary/aromatic N) is 2. The molecule has 1 aromatic rings. The van der Waals surface area contributed by atoms with Crippen LogP contribution in [0.15, 0.2) is 24.3 Å². The largest absolute Gasteiger partial charge is 0.497 e. The molecule has 1 heterocycles. The molecule has 2 N–H and O–H groups in total. The van der Waals surface area contributed by atoms with Crippen molar-refractivity contribution in [2.24, 2.45) is 5.73 Å². The van der Waals surface area contributed by atoms with Gasteiger partial charge < -0.3 is 15.4 Å². The van der Waals surface area contributed by atoms with Gasteiger partial charge in [-0.2, -0.15) is 0 Å². The monoisotopic (exact) mass is 277 g/mol. The zero-order valence-electron chi connectivity index (χ0n) is 13.1. The maximum absolute atomic E-state index is 6.66. The van der Waals surface area contributed by atoms with Gasteiger partial charge in [0.05, 0.1) is 12.6 Å². The van der Waals surface area contributed by atoms with Gasteiger partial charge in [-0.3, -0.25) is 4.90 Å². The van der Waals surface area contributed by atoms with Crippen molar-refractivity contribution in [1.82, 2.24) is 9.80 Å². The van der Waals surface area contributed by atoms with E-state index < -0.39 is 0 Å². The lowest BCUT2D eigenvalue weighted by atomic mass is 9.85. The number of piperazine rings is 1. The smallest absolute Gasteiger partial charge is 0.119 e. The molecule has 1 aromatic carbocycles. The topological polar surface area (TPSA) is 41.7 Å². The average Bonchev–Trinajstić information content (AvgIpc) is 2.47. The van der Waals surface area contributed by atoms with Crippen LogP contribution in [0.4, 0.5) is 0 Å². The van der Waals surface area contributed by atoms with Crippen LogP contribution < -0.4 is 10.5 Å². The van der Waals surface area contributed by atoms with Gasteiger partial charge in [-0.25, -0.2) is 0 Å². The van der Waals surface area contributed by atoms with Crippen LogP contribution >= 0.6 is 0 Å². The standard InChI is InChI=1S/C16H27N3O/c1-13(19-10-8-18(3)9-11-19)16(2,17)14-6-5-7-15(12-14)20-4/h5-7,12-13H,8-11,17H2,1-4H3. The first-order chi connectivity index (χ1) is 9.45. The average molecular weight is 277 g/mol. The summed E-state index contributed by atoms with van der Waals surface area (Å²) in [6, 6.07) is 8.40. The van der Waals surface area contributed by atoms with E-state index in [1.54, 1.807) is 7.11 Å². The molecule has 0 aliphatic carbocycles. The fourth-order valence-electron chi connectivity index (χ4n) is 2.79. The highest BCUT2D eigenvalue weighted by Crippen LogP contribution is 2.28. The lowest BCUT2D eigenvalue weighted by Gasteiger charge is -2.43. The molecule has 20 heavy (non-hydrogen) atoms. The molecular weight excluding hydrogens is 250 g/mol. The van der Waals surface area contributed by atoms with Gasteiger partial charge in [-0.05, 0) is 38.6 Å². The van der Waals surface area contributed by atoms with E-state index in [2.05, 4.69) is 36.8 Å². The maximum Gasteiger partial charge on any atom is 0.119 e. The van der Waals surface area contributed by atoms with E-state index in [4.69, 9.17) is 10.5 Å². The quantitative estimate of drug-likeness (QED) is 0.906. The van der Waals surface area contributed by atoms with Crippen LogP contribution in [0.25, 0.3) is 0 Å². The molecule has 1 fully saturated rings. The number of ether oxygens (including phenoxy) is 1. The third-order valence-corrected chi connectivity index (χ3v) is 4.65. The second-order valence-corrected chi connectivity index (χ2v) is 6.03. The van der Waals surface area contributed by atoms with Crippen molar-refractivity contribution >= 4 is 0 Å². The third-order valence-electron chi connectivity index (χ3n) is 4.65. The minimum absolute atomic E-state index is 0.295. The van der Waals surface area contributed by atoms with E-state index in [0.717, 1.165) is 37.5 Å². The first kappa shape index (κ1) is 15.3. The van der Waals surface area contributed by atoms with Gasteiger partial charge in [-0.1, -0.05) is 12.1 Å². The number of hydrogen-bond acceptors (Lipinski definition) is 4. The zero-order chi connectivity index (χ0) is 14.8.